The lowest BCUT2D eigenvalue weighted by Crippen LogP contribution is -2.26. The molecular formula is C10H16N2OS. The Bertz CT molecular complexity index is 344. The molecule has 0 saturated heterocycles. The van der Waals surface area contributed by atoms with Crippen LogP contribution in [0.15, 0.2) is 17.2 Å². The van der Waals surface area contributed by atoms with Gasteiger partial charge in [-0.3, -0.25) is 4.57 Å². The number of aryl methyl sites for hydroxylation is 1. The standard InChI is InChI=1S/C10H16N2OS/c1-3-9(7-14)6-12-5-8(2)4-11-10(12)13/h4-5,9,14H,3,6-7H2,1-2H3. The molecule has 78 valence electrons. The van der Waals surface area contributed by atoms with Crippen LogP contribution in [0.3, 0.4) is 0 Å². The third-order valence-corrected chi connectivity index (χ3v) is 2.79. The van der Waals surface area contributed by atoms with Crippen molar-refractivity contribution < 1.29 is 0 Å². The smallest absolute Gasteiger partial charge is 0.299 e. The summed E-state index contributed by atoms with van der Waals surface area (Å²) < 4.78 is 1.67. The summed E-state index contributed by atoms with van der Waals surface area (Å²) in [6.45, 7) is 4.76. The van der Waals surface area contributed by atoms with Crippen molar-refractivity contribution in [3.05, 3.63) is 28.4 Å². The number of aromatic nitrogens is 2. The summed E-state index contributed by atoms with van der Waals surface area (Å²) >= 11 is 4.25. The SMILES string of the molecule is CCC(CS)Cn1cc(C)cnc1=O. The van der Waals surface area contributed by atoms with E-state index in [-0.39, 0.29) is 5.69 Å². The van der Waals surface area contributed by atoms with E-state index in [0.29, 0.717) is 12.5 Å². The highest BCUT2D eigenvalue weighted by Crippen LogP contribution is 2.06. The Kier molecular flexibility index (Phi) is 4.20. The summed E-state index contributed by atoms with van der Waals surface area (Å²) in [5.41, 5.74) is 0.842. The minimum Gasteiger partial charge on any atom is -0.299 e. The Labute approximate surface area is 89.6 Å². The van der Waals surface area contributed by atoms with Crippen molar-refractivity contribution in [1.82, 2.24) is 9.55 Å². The van der Waals surface area contributed by atoms with Crippen LogP contribution < -0.4 is 5.69 Å². The Morgan fingerprint density at radius 2 is 2.36 bits per heavy atom. The molecule has 0 amide bonds. The average molecular weight is 212 g/mol. The molecule has 0 radical (unpaired) electrons. The van der Waals surface area contributed by atoms with Gasteiger partial charge in [0.15, 0.2) is 0 Å². The van der Waals surface area contributed by atoms with Crippen LogP contribution in [-0.2, 0) is 6.54 Å². The molecule has 1 aromatic rings. The molecule has 0 aliphatic rings. The zero-order chi connectivity index (χ0) is 10.6. The first-order valence-electron chi connectivity index (χ1n) is 4.81. The minimum atomic E-state index is -0.171. The van der Waals surface area contributed by atoms with Crippen LogP contribution in [0.2, 0.25) is 0 Å². The lowest BCUT2D eigenvalue weighted by molar-refractivity contribution is 0.461. The van der Waals surface area contributed by atoms with Crippen LogP contribution in [0.1, 0.15) is 18.9 Å². The van der Waals surface area contributed by atoms with Gasteiger partial charge in [-0.05, 0) is 24.2 Å². The third kappa shape index (κ3) is 2.87. The molecular weight excluding hydrogens is 196 g/mol. The van der Waals surface area contributed by atoms with E-state index in [9.17, 15) is 4.79 Å². The lowest BCUT2D eigenvalue weighted by Gasteiger charge is -2.13. The maximum absolute atomic E-state index is 11.4. The van der Waals surface area contributed by atoms with Gasteiger partial charge in [0.05, 0.1) is 0 Å². The van der Waals surface area contributed by atoms with E-state index in [0.717, 1.165) is 17.7 Å². The third-order valence-electron chi connectivity index (χ3n) is 2.27. The minimum absolute atomic E-state index is 0.171. The van der Waals surface area contributed by atoms with E-state index in [4.69, 9.17) is 0 Å². The van der Waals surface area contributed by atoms with Crippen molar-refractivity contribution in [1.29, 1.82) is 0 Å². The summed E-state index contributed by atoms with van der Waals surface area (Å²) in [5, 5.41) is 0. The second-order valence-corrected chi connectivity index (χ2v) is 3.89. The molecule has 4 heteroatoms. The maximum atomic E-state index is 11.4. The summed E-state index contributed by atoms with van der Waals surface area (Å²) in [7, 11) is 0. The van der Waals surface area contributed by atoms with Gasteiger partial charge >= 0.3 is 5.69 Å². The van der Waals surface area contributed by atoms with Crippen molar-refractivity contribution in [2.75, 3.05) is 5.75 Å². The lowest BCUT2D eigenvalue weighted by atomic mass is 10.1. The van der Waals surface area contributed by atoms with Gasteiger partial charge in [0, 0.05) is 18.9 Å². The second-order valence-electron chi connectivity index (χ2n) is 3.52. The normalized spacial score (nSPS) is 12.8. The Balaban J connectivity index is 2.85. The quantitative estimate of drug-likeness (QED) is 0.768. The molecule has 1 rings (SSSR count). The molecule has 0 spiro atoms. The van der Waals surface area contributed by atoms with Crippen molar-refractivity contribution in [2.24, 2.45) is 5.92 Å². The van der Waals surface area contributed by atoms with Crippen molar-refractivity contribution in [3.63, 3.8) is 0 Å². The monoisotopic (exact) mass is 212 g/mol. The van der Waals surface area contributed by atoms with Crippen LogP contribution in [-0.4, -0.2) is 15.3 Å². The van der Waals surface area contributed by atoms with Crippen molar-refractivity contribution >= 4 is 12.6 Å². The largest absolute Gasteiger partial charge is 0.347 e. The molecule has 0 saturated carbocycles. The molecule has 1 unspecified atom stereocenters. The zero-order valence-electron chi connectivity index (χ0n) is 8.60. The predicted molar refractivity (Wildman–Crippen MR) is 60.9 cm³/mol. The van der Waals surface area contributed by atoms with Gasteiger partial charge in [-0.1, -0.05) is 13.3 Å². The van der Waals surface area contributed by atoms with E-state index < -0.39 is 0 Å². The van der Waals surface area contributed by atoms with E-state index in [1.54, 1.807) is 10.8 Å². The van der Waals surface area contributed by atoms with Crippen molar-refractivity contribution in [2.45, 2.75) is 26.8 Å². The van der Waals surface area contributed by atoms with E-state index in [2.05, 4.69) is 24.5 Å². The van der Waals surface area contributed by atoms with Crippen molar-refractivity contribution in [3.8, 4) is 0 Å². The first kappa shape index (κ1) is 11.3. The number of hydrogen-bond acceptors (Lipinski definition) is 3. The Morgan fingerprint density at radius 3 is 2.93 bits per heavy atom. The molecule has 1 heterocycles. The van der Waals surface area contributed by atoms with Crippen LogP contribution in [0.4, 0.5) is 0 Å². The van der Waals surface area contributed by atoms with Gasteiger partial charge in [-0.15, -0.1) is 0 Å². The molecule has 0 N–H and O–H groups in total. The predicted octanol–water partition coefficient (Wildman–Crippen LogP) is 1.51. The van der Waals surface area contributed by atoms with E-state index in [1.807, 2.05) is 13.1 Å². The van der Waals surface area contributed by atoms with Gasteiger partial charge in [-0.25, -0.2) is 9.78 Å². The van der Waals surface area contributed by atoms with Gasteiger partial charge in [0.25, 0.3) is 0 Å². The number of hydrogen-bond donors (Lipinski definition) is 1. The summed E-state index contributed by atoms with van der Waals surface area (Å²) in [5.74, 6) is 1.25. The average Bonchev–Trinajstić information content (AvgIpc) is 2.19. The molecule has 0 bridgehead atoms. The highest BCUT2D eigenvalue weighted by molar-refractivity contribution is 7.80. The van der Waals surface area contributed by atoms with Crippen LogP contribution in [0.25, 0.3) is 0 Å². The molecule has 14 heavy (non-hydrogen) atoms. The van der Waals surface area contributed by atoms with Gasteiger partial charge in [-0.2, -0.15) is 12.6 Å². The maximum Gasteiger partial charge on any atom is 0.347 e. The number of rotatable bonds is 4. The molecule has 0 aromatic carbocycles. The number of nitrogens with zero attached hydrogens (tertiary/aromatic N) is 2. The Hall–Kier alpha value is -0.770. The van der Waals surface area contributed by atoms with Gasteiger partial charge in [0.1, 0.15) is 0 Å². The molecule has 0 aliphatic carbocycles. The second kappa shape index (κ2) is 5.20. The van der Waals surface area contributed by atoms with E-state index >= 15 is 0 Å². The Morgan fingerprint density at radius 1 is 1.64 bits per heavy atom. The van der Waals surface area contributed by atoms with Gasteiger partial charge < -0.3 is 0 Å². The van der Waals surface area contributed by atoms with Gasteiger partial charge in [0.2, 0.25) is 0 Å². The molecule has 0 aliphatic heterocycles. The highest BCUT2D eigenvalue weighted by Gasteiger charge is 2.06. The molecule has 0 fully saturated rings. The van der Waals surface area contributed by atoms with E-state index in [1.165, 1.54) is 0 Å². The number of thiol groups is 1. The molecule has 3 nitrogen and oxygen atoms in total. The fourth-order valence-corrected chi connectivity index (χ4v) is 1.66. The van der Waals surface area contributed by atoms with Crippen LogP contribution >= 0.6 is 12.6 Å². The summed E-state index contributed by atoms with van der Waals surface area (Å²) in [4.78, 5) is 15.1. The zero-order valence-corrected chi connectivity index (χ0v) is 9.50. The van der Waals surface area contributed by atoms with Crippen LogP contribution in [0.5, 0.6) is 0 Å². The first-order valence-corrected chi connectivity index (χ1v) is 5.44. The summed E-state index contributed by atoms with van der Waals surface area (Å²) in [6.07, 6.45) is 4.48. The fraction of sp³-hybridized carbons (Fsp3) is 0.600. The molecule has 1 aromatic heterocycles. The topological polar surface area (TPSA) is 34.9 Å². The van der Waals surface area contributed by atoms with Crippen LogP contribution in [0, 0.1) is 12.8 Å². The first-order chi connectivity index (χ1) is 6.67. The fourth-order valence-electron chi connectivity index (χ4n) is 1.29. The molecule has 1 atom stereocenters. The highest BCUT2D eigenvalue weighted by atomic mass is 32.1. The summed E-state index contributed by atoms with van der Waals surface area (Å²) in [6, 6.07) is 0.